The molecule has 1 saturated heterocycles. The molecule has 1 aromatic rings. The molecule has 0 aromatic heterocycles. The Balaban J connectivity index is 1.65. The summed E-state index contributed by atoms with van der Waals surface area (Å²) < 4.78 is 0. The third kappa shape index (κ3) is 2.86. The second-order valence-electron chi connectivity index (χ2n) is 9.85. The molecule has 5 rings (SSSR count). The van der Waals surface area contributed by atoms with Gasteiger partial charge in [0.2, 0.25) is 5.78 Å². The van der Waals surface area contributed by atoms with Crippen molar-refractivity contribution in [2.45, 2.75) is 50.5 Å². The van der Waals surface area contributed by atoms with E-state index in [0.29, 0.717) is 11.3 Å². The van der Waals surface area contributed by atoms with Gasteiger partial charge in [-0.25, -0.2) is 0 Å². The van der Waals surface area contributed by atoms with Gasteiger partial charge in [0.15, 0.2) is 11.4 Å². The van der Waals surface area contributed by atoms with Gasteiger partial charge >= 0.3 is 0 Å². The first-order valence-corrected chi connectivity index (χ1v) is 11.7. The Hall–Kier alpha value is -3.33. The molecule has 0 saturated carbocycles. The highest BCUT2D eigenvalue weighted by molar-refractivity contribution is 6.24. The number of rotatable bonds is 2. The van der Waals surface area contributed by atoms with Crippen molar-refractivity contribution in [1.82, 2.24) is 0 Å². The maximum absolute atomic E-state index is 13.7. The van der Waals surface area contributed by atoms with Gasteiger partial charge in [0.05, 0.1) is 11.3 Å². The summed E-state index contributed by atoms with van der Waals surface area (Å²) in [5, 5.41) is 43.9. The molecule has 1 heterocycles. The van der Waals surface area contributed by atoms with Gasteiger partial charge in [-0.2, -0.15) is 0 Å². The number of aliphatic hydroxyl groups is 3. The topological polar surface area (TPSA) is 161 Å². The van der Waals surface area contributed by atoms with Crippen LogP contribution in [-0.2, 0) is 9.59 Å². The molecule has 0 unspecified atom stereocenters. The summed E-state index contributed by atoms with van der Waals surface area (Å²) in [5.41, 5.74) is 3.03. The number of carbonyl (C=O) groups excluding carboxylic acids is 3. The number of nitrogens with two attached hydrogens (primary N) is 1. The fourth-order valence-corrected chi connectivity index (χ4v) is 6.29. The maximum atomic E-state index is 13.7. The van der Waals surface area contributed by atoms with Gasteiger partial charge in [-0.1, -0.05) is 13.0 Å². The summed E-state index contributed by atoms with van der Waals surface area (Å²) in [6.07, 6.45) is 2.95. The summed E-state index contributed by atoms with van der Waals surface area (Å²) in [6.45, 7) is 3.38. The number of piperidine rings is 1. The van der Waals surface area contributed by atoms with E-state index < -0.39 is 52.0 Å². The van der Waals surface area contributed by atoms with Crippen LogP contribution in [0.1, 0.15) is 60.9 Å². The van der Waals surface area contributed by atoms with Crippen LogP contribution in [0.5, 0.6) is 5.75 Å². The average Bonchev–Trinajstić information content (AvgIpc) is 2.79. The number of fused-ring (bicyclic) bond motifs is 3. The summed E-state index contributed by atoms with van der Waals surface area (Å²) >= 11 is 0. The lowest BCUT2D eigenvalue weighted by Gasteiger charge is -2.47. The first-order valence-electron chi connectivity index (χ1n) is 11.7. The lowest BCUT2D eigenvalue weighted by Crippen LogP contribution is -2.57. The molecule has 9 heteroatoms. The minimum absolute atomic E-state index is 0.0622. The zero-order valence-electron chi connectivity index (χ0n) is 18.9. The highest BCUT2D eigenvalue weighted by atomic mass is 16.3. The molecule has 1 amide bonds. The molecule has 0 radical (unpaired) electrons. The number of benzene rings is 1. The molecule has 3 aliphatic carbocycles. The van der Waals surface area contributed by atoms with Crippen LogP contribution in [0.25, 0.3) is 0 Å². The smallest absolute Gasteiger partial charge is 0.255 e. The predicted molar refractivity (Wildman–Crippen MR) is 122 cm³/mol. The first kappa shape index (κ1) is 22.5. The van der Waals surface area contributed by atoms with E-state index in [4.69, 9.17) is 5.73 Å². The van der Waals surface area contributed by atoms with E-state index in [0.717, 1.165) is 32.4 Å². The Labute approximate surface area is 196 Å². The monoisotopic (exact) mass is 468 g/mol. The van der Waals surface area contributed by atoms with Crippen molar-refractivity contribution >= 4 is 23.2 Å². The quantitative estimate of drug-likeness (QED) is 0.412. The maximum Gasteiger partial charge on any atom is 0.255 e. The van der Waals surface area contributed by atoms with E-state index in [1.165, 1.54) is 0 Å². The molecule has 1 aliphatic heterocycles. The van der Waals surface area contributed by atoms with E-state index in [-0.39, 0.29) is 35.6 Å². The van der Waals surface area contributed by atoms with Gasteiger partial charge in [0.25, 0.3) is 5.91 Å². The molecule has 4 atom stereocenters. The number of nitrogens with zero attached hydrogens (tertiary/aromatic N) is 1. The molecular formula is C25H28N2O7. The Bertz CT molecular complexity index is 1190. The molecule has 34 heavy (non-hydrogen) atoms. The second kappa shape index (κ2) is 7.59. The summed E-state index contributed by atoms with van der Waals surface area (Å²) in [7, 11) is 0. The zero-order chi connectivity index (χ0) is 24.5. The second-order valence-corrected chi connectivity index (χ2v) is 9.85. The number of hydrogen-bond donors (Lipinski definition) is 5. The van der Waals surface area contributed by atoms with Crippen molar-refractivity contribution < 1.29 is 34.8 Å². The van der Waals surface area contributed by atoms with Crippen LogP contribution in [0.15, 0.2) is 34.8 Å². The normalized spacial score (nSPS) is 31.2. The van der Waals surface area contributed by atoms with Gasteiger partial charge in [-0.05, 0) is 49.1 Å². The molecule has 4 aliphatic rings. The largest absolute Gasteiger partial charge is 0.511 e. The van der Waals surface area contributed by atoms with E-state index in [9.17, 15) is 34.8 Å². The predicted octanol–water partition coefficient (Wildman–Crippen LogP) is 2.13. The van der Waals surface area contributed by atoms with Crippen molar-refractivity contribution in [3.8, 4) is 5.75 Å². The van der Waals surface area contributed by atoms with Gasteiger partial charge in [0.1, 0.15) is 22.8 Å². The van der Waals surface area contributed by atoms with Crippen LogP contribution in [0, 0.1) is 11.8 Å². The van der Waals surface area contributed by atoms with Crippen molar-refractivity contribution in [3.05, 3.63) is 45.9 Å². The number of phenolic OH excluding ortho intramolecular Hbond substituents is 1. The molecule has 1 fully saturated rings. The number of phenols is 1. The van der Waals surface area contributed by atoms with E-state index >= 15 is 0 Å². The number of allylic oxidation sites excluding steroid dienone is 2. The van der Waals surface area contributed by atoms with E-state index in [1.807, 2.05) is 24.0 Å². The summed E-state index contributed by atoms with van der Waals surface area (Å²) in [6, 6.07) is 3.64. The molecule has 1 aromatic carbocycles. The van der Waals surface area contributed by atoms with Crippen LogP contribution in [0.4, 0.5) is 5.69 Å². The van der Waals surface area contributed by atoms with Gasteiger partial charge in [-0.15, -0.1) is 0 Å². The van der Waals surface area contributed by atoms with Crippen molar-refractivity contribution in [2.24, 2.45) is 17.6 Å². The van der Waals surface area contributed by atoms with Crippen LogP contribution in [0.3, 0.4) is 0 Å². The lowest BCUT2D eigenvalue weighted by atomic mass is 9.58. The molecule has 6 N–H and O–H groups in total. The molecule has 0 spiro atoms. The minimum atomic E-state index is -2.55. The van der Waals surface area contributed by atoms with Crippen LogP contribution >= 0.6 is 0 Å². The van der Waals surface area contributed by atoms with Gasteiger partial charge in [-0.3, -0.25) is 14.4 Å². The zero-order valence-corrected chi connectivity index (χ0v) is 18.9. The lowest BCUT2D eigenvalue weighted by molar-refractivity contribution is -0.144. The number of Topliss-reactive ketones (excluding diaryl/α,β-unsaturated/α-hetero) is 2. The number of aliphatic hydroxyl groups excluding tert-OH is 2. The fraction of sp³-hybridized carbons (Fsp3) is 0.480. The first-order chi connectivity index (χ1) is 16.1. The Morgan fingerprint density at radius 1 is 1.12 bits per heavy atom. The third-order valence-electron chi connectivity index (χ3n) is 8.12. The van der Waals surface area contributed by atoms with Crippen LogP contribution in [-0.4, -0.2) is 56.6 Å². The number of amides is 1. The Kier molecular flexibility index (Phi) is 5.02. The number of ketones is 2. The fourth-order valence-electron chi connectivity index (χ4n) is 6.29. The number of carbonyl (C=O) groups is 3. The number of aromatic hydroxyl groups is 1. The van der Waals surface area contributed by atoms with Crippen molar-refractivity contribution in [3.63, 3.8) is 0 Å². The Morgan fingerprint density at radius 3 is 2.44 bits per heavy atom. The van der Waals surface area contributed by atoms with E-state index in [2.05, 4.69) is 0 Å². The summed E-state index contributed by atoms with van der Waals surface area (Å²) in [5.74, 6) is -6.38. The van der Waals surface area contributed by atoms with Gasteiger partial charge < -0.3 is 31.1 Å². The van der Waals surface area contributed by atoms with Gasteiger partial charge in [0, 0.05) is 31.0 Å². The summed E-state index contributed by atoms with van der Waals surface area (Å²) in [4.78, 5) is 40.5. The van der Waals surface area contributed by atoms with E-state index in [1.54, 1.807) is 0 Å². The highest BCUT2D eigenvalue weighted by Crippen LogP contribution is 2.55. The SMILES string of the molecule is C[C@H]1c2ccc(N3CCCCC3)c(O)c2C(=O)C2=C(O)[C@]3(O)C(=O)C(C(N)=O)=C(O)C[C@@H]3C[C@@H]21. The van der Waals surface area contributed by atoms with Crippen molar-refractivity contribution in [1.29, 1.82) is 0 Å². The van der Waals surface area contributed by atoms with Crippen LogP contribution in [0.2, 0.25) is 0 Å². The average molecular weight is 469 g/mol. The third-order valence-corrected chi connectivity index (χ3v) is 8.12. The molecule has 9 nitrogen and oxygen atoms in total. The number of hydrogen-bond acceptors (Lipinski definition) is 8. The highest BCUT2D eigenvalue weighted by Gasteiger charge is 2.60. The number of primary amides is 1. The Morgan fingerprint density at radius 2 is 1.79 bits per heavy atom. The number of anilines is 1. The molecule has 0 bridgehead atoms. The minimum Gasteiger partial charge on any atom is -0.511 e. The standard InChI is InChI=1S/C25H28N2O7/c1-11-13-5-6-15(27-7-3-2-4-8-27)20(29)17(13)21(30)18-14(11)9-12-10-16(28)19(24(26)33)23(32)25(12,34)22(18)31/h5-6,11-12,14,28-29,31,34H,2-4,7-10H2,1H3,(H2,26,33)/t11-,12-,14+,25-/m0/s1. The van der Waals surface area contributed by atoms with Crippen LogP contribution < -0.4 is 10.6 Å². The van der Waals surface area contributed by atoms with Crippen molar-refractivity contribution in [2.75, 3.05) is 18.0 Å². The molecule has 180 valence electrons. The molecular weight excluding hydrogens is 440 g/mol.